The number of carboxylic acids is 1. The van der Waals surface area contributed by atoms with Crippen LogP contribution in [-0.4, -0.2) is 58.6 Å². The molecule has 1 fully saturated rings. The first-order chi connectivity index (χ1) is 8.57. The molecule has 0 spiro atoms. The van der Waals surface area contributed by atoms with Gasteiger partial charge in [0.25, 0.3) is 0 Å². The average molecular weight is 274 g/mol. The van der Waals surface area contributed by atoms with Crippen molar-refractivity contribution in [2.45, 2.75) is 38.8 Å². The number of nitrogens with one attached hydrogen (secondary N) is 1. The van der Waals surface area contributed by atoms with Crippen molar-refractivity contribution in [3.8, 4) is 0 Å². The van der Waals surface area contributed by atoms with Crippen molar-refractivity contribution in [3.05, 3.63) is 0 Å². The number of carboxylic acid groups (broad SMARTS) is 1. The van der Waals surface area contributed by atoms with Gasteiger partial charge in [-0.15, -0.1) is 0 Å². The van der Waals surface area contributed by atoms with Gasteiger partial charge in [0.05, 0.1) is 6.04 Å². The third-order valence-electron chi connectivity index (χ3n) is 3.16. The molecule has 5 nitrogen and oxygen atoms in total. The van der Waals surface area contributed by atoms with E-state index in [4.69, 9.17) is 5.11 Å². The molecule has 2 unspecified atom stereocenters. The molecule has 0 radical (unpaired) electrons. The topological polar surface area (TPSA) is 69.6 Å². The summed E-state index contributed by atoms with van der Waals surface area (Å²) in [6.45, 7) is 5.18. The fourth-order valence-corrected chi connectivity index (χ4v) is 3.04. The normalized spacial score (nSPS) is 22.4. The summed E-state index contributed by atoms with van der Waals surface area (Å²) in [6.07, 6.45) is 1.99. The fourth-order valence-electron chi connectivity index (χ4n) is 1.98. The van der Waals surface area contributed by atoms with E-state index in [2.05, 4.69) is 12.2 Å². The summed E-state index contributed by atoms with van der Waals surface area (Å²) < 4.78 is 0. The van der Waals surface area contributed by atoms with Gasteiger partial charge in [0.2, 0.25) is 5.91 Å². The zero-order chi connectivity index (χ0) is 13.5. The Labute approximate surface area is 112 Å². The molecule has 1 rings (SSSR count). The van der Waals surface area contributed by atoms with Crippen LogP contribution >= 0.6 is 11.8 Å². The van der Waals surface area contributed by atoms with Gasteiger partial charge in [-0.1, -0.05) is 13.3 Å². The van der Waals surface area contributed by atoms with E-state index in [-0.39, 0.29) is 11.9 Å². The van der Waals surface area contributed by atoms with Crippen LogP contribution in [0.5, 0.6) is 0 Å². The second-order valence-corrected chi connectivity index (χ2v) is 5.64. The van der Waals surface area contributed by atoms with Crippen LogP contribution < -0.4 is 5.32 Å². The Morgan fingerprint density at radius 3 is 2.89 bits per heavy atom. The Morgan fingerprint density at radius 2 is 2.28 bits per heavy atom. The molecular weight excluding hydrogens is 252 g/mol. The van der Waals surface area contributed by atoms with Crippen molar-refractivity contribution >= 4 is 23.6 Å². The molecule has 0 aliphatic carbocycles. The van der Waals surface area contributed by atoms with E-state index >= 15 is 0 Å². The highest BCUT2D eigenvalue weighted by molar-refractivity contribution is 7.99. The van der Waals surface area contributed by atoms with Crippen molar-refractivity contribution in [1.29, 1.82) is 0 Å². The van der Waals surface area contributed by atoms with E-state index in [0.717, 1.165) is 18.6 Å². The van der Waals surface area contributed by atoms with Gasteiger partial charge >= 0.3 is 5.97 Å². The largest absolute Gasteiger partial charge is 0.480 e. The maximum absolute atomic E-state index is 11.9. The maximum atomic E-state index is 11.9. The lowest BCUT2D eigenvalue weighted by Gasteiger charge is -2.36. The molecule has 18 heavy (non-hydrogen) atoms. The van der Waals surface area contributed by atoms with E-state index in [1.165, 1.54) is 0 Å². The third kappa shape index (κ3) is 4.17. The van der Waals surface area contributed by atoms with Crippen LogP contribution in [0, 0.1) is 0 Å². The van der Waals surface area contributed by atoms with Crippen molar-refractivity contribution in [1.82, 2.24) is 10.2 Å². The molecule has 6 heteroatoms. The first-order valence-corrected chi connectivity index (χ1v) is 7.57. The van der Waals surface area contributed by atoms with Crippen LogP contribution in [-0.2, 0) is 9.59 Å². The van der Waals surface area contributed by atoms with Crippen molar-refractivity contribution in [3.63, 3.8) is 0 Å². The van der Waals surface area contributed by atoms with Crippen LogP contribution in [0.15, 0.2) is 0 Å². The Hall–Kier alpha value is -0.750. The molecular formula is C12H22N2O3S. The van der Waals surface area contributed by atoms with Gasteiger partial charge in [-0.05, 0) is 13.3 Å². The molecule has 0 aromatic heterocycles. The van der Waals surface area contributed by atoms with Crippen LogP contribution in [0.2, 0.25) is 0 Å². The first kappa shape index (κ1) is 15.3. The highest BCUT2D eigenvalue weighted by Gasteiger charge is 2.34. The number of hydrogen-bond acceptors (Lipinski definition) is 4. The number of amides is 1. The molecule has 104 valence electrons. The summed E-state index contributed by atoms with van der Waals surface area (Å²) in [7, 11) is 0. The molecule has 2 N–H and O–H groups in total. The second-order valence-electron chi connectivity index (χ2n) is 4.49. The smallest absolute Gasteiger partial charge is 0.321 e. The quantitative estimate of drug-likeness (QED) is 0.701. The molecule has 0 aromatic carbocycles. The van der Waals surface area contributed by atoms with E-state index in [1.807, 2.05) is 0 Å². The molecule has 1 amide bonds. The van der Waals surface area contributed by atoms with Gasteiger partial charge in [0.15, 0.2) is 0 Å². The van der Waals surface area contributed by atoms with Gasteiger partial charge in [-0.2, -0.15) is 11.8 Å². The minimum atomic E-state index is -0.838. The summed E-state index contributed by atoms with van der Waals surface area (Å²) in [5.41, 5.74) is 0. The molecule has 1 aliphatic rings. The average Bonchev–Trinajstić information content (AvgIpc) is 2.38. The van der Waals surface area contributed by atoms with Gasteiger partial charge < -0.3 is 10.4 Å². The van der Waals surface area contributed by atoms with Crippen LogP contribution in [0.25, 0.3) is 0 Å². The molecule has 2 atom stereocenters. The van der Waals surface area contributed by atoms with Crippen molar-refractivity contribution in [2.24, 2.45) is 0 Å². The standard InChI is InChI=1S/C12H22N2O3S/c1-3-4-5-13-11(15)9(2)14-6-7-18-8-10(14)12(16)17/h9-10H,3-8H2,1-2H3,(H,13,15)(H,16,17). The number of carbonyl (C=O) groups is 2. The first-order valence-electron chi connectivity index (χ1n) is 6.42. The molecule has 1 heterocycles. The number of thioether (sulfide) groups is 1. The summed E-state index contributed by atoms with van der Waals surface area (Å²) in [5, 5.41) is 12.0. The molecule has 1 aliphatic heterocycles. The summed E-state index contributed by atoms with van der Waals surface area (Å²) >= 11 is 1.63. The summed E-state index contributed by atoms with van der Waals surface area (Å²) in [6, 6.07) is -0.917. The van der Waals surface area contributed by atoms with E-state index in [1.54, 1.807) is 23.6 Å². The molecule has 0 saturated carbocycles. The predicted octanol–water partition coefficient (Wildman–Crippen LogP) is 0.793. The van der Waals surface area contributed by atoms with Crippen LogP contribution in [0.4, 0.5) is 0 Å². The maximum Gasteiger partial charge on any atom is 0.321 e. The summed E-state index contributed by atoms with van der Waals surface area (Å²) in [4.78, 5) is 24.9. The number of aliphatic carboxylic acids is 1. The SMILES string of the molecule is CCCCNC(=O)C(C)N1CCSCC1C(=O)O. The number of rotatable bonds is 6. The van der Waals surface area contributed by atoms with Gasteiger partial charge in [-0.3, -0.25) is 14.5 Å². The molecule has 1 saturated heterocycles. The van der Waals surface area contributed by atoms with Crippen LogP contribution in [0.3, 0.4) is 0 Å². The number of nitrogens with zero attached hydrogens (tertiary/aromatic N) is 1. The molecule has 0 bridgehead atoms. The highest BCUT2D eigenvalue weighted by atomic mass is 32.2. The lowest BCUT2D eigenvalue weighted by molar-refractivity contribution is -0.144. The fraction of sp³-hybridized carbons (Fsp3) is 0.833. The van der Waals surface area contributed by atoms with Gasteiger partial charge in [0.1, 0.15) is 6.04 Å². The Kier molecular flexibility index (Phi) is 6.49. The monoisotopic (exact) mass is 274 g/mol. The lowest BCUT2D eigenvalue weighted by atomic mass is 10.2. The van der Waals surface area contributed by atoms with E-state index in [0.29, 0.717) is 18.8 Å². The number of carbonyl (C=O) groups excluding carboxylic acids is 1. The van der Waals surface area contributed by atoms with Gasteiger partial charge in [-0.25, -0.2) is 0 Å². The minimum Gasteiger partial charge on any atom is -0.480 e. The Bertz CT molecular complexity index is 299. The van der Waals surface area contributed by atoms with E-state index in [9.17, 15) is 9.59 Å². The van der Waals surface area contributed by atoms with Crippen molar-refractivity contribution < 1.29 is 14.7 Å². The lowest BCUT2D eigenvalue weighted by Crippen LogP contribution is -2.56. The Morgan fingerprint density at radius 1 is 1.56 bits per heavy atom. The minimum absolute atomic E-state index is 0.0680. The Balaban J connectivity index is 2.54. The number of unbranched alkanes of at least 4 members (excludes halogenated alkanes) is 1. The van der Waals surface area contributed by atoms with E-state index < -0.39 is 12.0 Å². The summed E-state index contributed by atoms with van der Waals surface area (Å²) in [5.74, 6) is 0.537. The number of hydrogen-bond donors (Lipinski definition) is 2. The van der Waals surface area contributed by atoms with Crippen molar-refractivity contribution in [2.75, 3.05) is 24.6 Å². The van der Waals surface area contributed by atoms with Crippen LogP contribution in [0.1, 0.15) is 26.7 Å². The third-order valence-corrected chi connectivity index (χ3v) is 4.18. The van der Waals surface area contributed by atoms with Gasteiger partial charge in [0, 0.05) is 24.6 Å². The zero-order valence-electron chi connectivity index (χ0n) is 11.0. The highest BCUT2D eigenvalue weighted by Crippen LogP contribution is 2.19. The second kappa shape index (κ2) is 7.63. The zero-order valence-corrected chi connectivity index (χ0v) is 11.8. The predicted molar refractivity (Wildman–Crippen MR) is 72.8 cm³/mol. The molecule has 0 aromatic rings.